The molecule has 0 spiro atoms. The molecule has 1 N–H and O–H groups in total. The fraction of sp³-hybridized carbons (Fsp3) is 0.316. The number of rotatable bonds is 20. The topological polar surface area (TPSA) is 81.2 Å². The molecule has 2 amide bonds. The van der Waals surface area contributed by atoms with Crippen LogP contribution in [0.15, 0.2) is 132 Å². The van der Waals surface area contributed by atoms with Gasteiger partial charge in [-0.05, 0) is 122 Å². The summed E-state index contributed by atoms with van der Waals surface area (Å²) in [5.41, 5.74) is 10.3. The molecule has 0 aliphatic carbocycles. The van der Waals surface area contributed by atoms with Gasteiger partial charge in [0, 0.05) is 39.9 Å². The minimum Gasteiger partial charge on any atom is -0.478 e. The third-order valence-corrected chi connectivity index (χ3v) is 15.5. The molecule has 66 heavy (non-hydrogen) atoms. The average molecular weight is 916 g/mol. The Labute approximate surface area is 398 Å². The number of unbranched alkanes of at least 4 members (excludes halogenated alkanes) is 2. The molecule has 9 heteroatoms. The van der Waals surface area contributed by atoms with Gasteiger partial charge in [-0.1, -0.05) is 126 Å². The van der Waals surface area contributed by atoms with Gasteiger partial charge in [-0.15, -0.1) is 22.7 Å². The number of thiophene rings is 2. The second kappa shape index (κ2) is 20.6. The number of anilines is 3. The van der Waals surface area contributed by atoms with E-state index in [1.165, 1.54) is 11.1 Å². The summed E-state index contributed by atoms with van der Waals surface area (Å²) in [7, 11) is 0. The van der Waals surface area contributed by atoms with E-state index in [9.17, 15) is 9.90 Å². The smallest absolute Gasteiger partial charge is 0.335 e. The third-order valence-electron chi connectivity index (χ3n) is 13.2. The molecule has 0 bridgehead atoms. The standard InChI is InChI=1S/C57H61N3O4S2/c1-7-11-13-39(9-3)35-58-53(49-33-31-47(65-49)41-19-21-43(22-20-41)57(63)64)51-52(56(58)62)54(59(55(51)61)36-40(10-4)14-12-8-2)50-34-32-48(66-50)42-23-29-46(30-24-42)60(44-25-15-37(5)16-26-44)45-27-17-38(6)18-28-45/h15-34,39-40H,7-14,35-36H2,1-6H3,(H,63,64). The van der Waals surface area contributed by atoms with Crippen LogP contribution in [0.2, 0.25) is 0 Å². The molecule has 4 heterocycles. The second-order valence-corrected chi connectivity index (χ2v) is 20.0. The minimum absolute atomic E-state index is 0.102. The molecule has 8 rings (SSSR count). The number of hydrogen-bond acceptors (Lipinski definition) is 6. The van der Waals surface area contributed by atoms with E-state index in [1.54, 1.807) is 34.8 Å². The number of carboxylic acid groups (broad SMARTS) is 1. The number of carbonyl (C=O) groups is 3. The van der Waals surface area contributed by atoms with Crippen molar-refractivity contribution in [2.45, 2.75) is 92.9 Å². The zero-order valence-corrected chi connectivity index (χ0v) is 40.7. The summed E-state index contributed by atoms with van der Waals surface area (Å²) in [5, 5.41) is 9.53. The summed E-state index contributed by atoms with van der Waals surface area (Å²) >= 11 is 3.18. The molecule has 2 aromatic heterocycles. The maximum atomic E-state index is 15.3. The van der Waals surface area contributed by atoms with Gasteiger partial charge >= 0.3 is 5.97 Å². The molecule has 7 nitrogen and oxygen atoms in total. The number of aromatic carboxylic acids is 1. The van der Waals surface area contributed by atoms with Gasteiger partial charge < -0.3 is 19.8 Å². The van der Waals surface area contributed by atoms with Crippen LogP contribution in [0.25, 0.3) is 32.3 Å². The fourth-order valence-electron chi connectivity index (χ4n) is 9.24. The Morgan fingerprint density at radius 2 is 0.894 bits per heavy atom. The van der Waals surface area contributed by atoms with Crippen molar-refractivity contribution in [3.8, 4) is 20.9 Å². The molecule has 2 unspecified atom stereocenters. The molecule has 2 atom stereocenters. The highest BCUT2D eigenvalue weighted by atomic mass is 32.1. The Morgan fingerprint density at radius 3 is 1.26 bits per heavy atom. The van der Waals surface area contributed by atoms with Crippen LogP contribution in [-0.4, -0.2) is 45.8 Å². The van der Waals surface area contributed by atoms with Gasteiger partial charge in [-0.25, -0.2) is 4.79 Å². The molecule has 2 aliphatic rings. The van der Waals surface area contributed by atoms with Crippen LogP contribution < -0.4 is 4.90 Å². The molecular formula is C57H61N3O4S2. The van der Waals surface area contributed by atoms with Crippen LogP contribution in [0.1, 0.15) is 110 Å². The van der Waals surface area contributed by atoms with Gasteiger partial charge in [0.05, 0.1) is 37.9 Å². The average Bonchev–Trinajstić information content (AvgIpc) is 4.13. The first-order chi connectivity index (χ1) is 32.0. The minimum atomic E-state index is -0.969. The molecule has 0 fully saturated rings. The number of fused-ring (bicyclic) bond motifs is 1. The number of aryl methyl sites for hydroxylation is 2. The fourth-order valence-corrected chi connectivity index (χ4v) is 11.4. The van der Waals surface area contributed by atoms with Crippen molar-refractivity contribution in [2.24, 2.45) is 11.8 Å². The molecular weight excluding hydrogens is 855 g/mol. The first-order valence-electron chi connectivity index (χ1n) is 23.7. The van der Waals surface area contributed by atoms with E-state index in [0.717, 1.165) is 105 Å². The summed E-state index contributed by atoms with van der Waals surface area (Å²) in [6, 6.07) is 41.1. The zero-order valence-electron chi connectivity index (χ0n) is 39.1. The first-order valence-corrected chi connectivity index (χ1v) is 25.4. The summed E-state index contributed by atoms with van der Waals surface area (Å²) < 4.78 is 0. The molecule has 340 valence electrons. The Bertz CT molecular complexity index is 2700. The van der Waals surface area contributed by atoms with Crippen molar-refractivity contribution in [3.63, 3.8) is 0 Å². The number of benzene rings is 4. The molecule has 0 radical (unpaired) electrons. The Kier molecular flexibility index (Phi) is 14.5. The van der Waals surface area contributed by atoms with E-state index < -0.39 is 5.97 Å². The van der Waals surface area contributed by atoms with Crippen LogP contribution in [0.3, 0.4) is 0 Å². The van der Waals surface area contributed by atoms with E-state index in [2.05, 4.69) is 131 Å². The Balaban J connectivity index is 1.22. The molecule has 4 aromatic carbocycles. The first kappa shape index (κ1) is 46.5. The van der Waals surface area contributed by atoms with E-state index in [-0.39, 0.29) is 29.2 Å². The van der Waals surface area contributed by atoms with Gasteiger partial charge in [-0.2, -0.15) is 0 Å². The van der Waals surface area contributed by atoms with Crippen molar-refractivity contribution >= 4 is 68.9 Å². The number of carbonyl (C=O) groups excluding carboxylic acids is 2. The second-order valence-electron chi connectivity index (χ2n) is 17.9. The number of amides is 2. The van der Waals surface area contributed by atoms with E-state index in [1.807, 2.05) is 34.1 Å². The summed E-state index contributed by atoms with van der Waals surface area (Å²) in [6.45, 7) is 14.1. The van der Waals surface area contributed by atoms with Crippen LogP contribution in [-0.2, 0) is 9.59 Å². The highest BCUT2D eigenvalue weighted by Gasteiger charge is 2.50. The van der Waals surface area contributed by atoms with Gasteiger partial charge in [0.15, 0.2) is 0 Å². The van der Waals surface area contributed by atoms with Crippen molar-refractivity contribution in [3.05, 3.63) is 159 Å². The maximum Gasteiger partial charge on any atom is 0.335 e. The van der Waals surface area contributed by atoms with Crippen LogP contribution >= 0.6 is 22.7 Å². The van der Waals surface area contributed by atoms with E-state index >= 15 is 9.59 Å². The number of hydrogen-bond donors (Lipinski definition) is 1. The third kappa shape index (κ3) is 9.60. The van der Waals surface area contributed by atoms with Crippen molar-refractivity contribution in [1.29, 1.82) is 0 Å². The van der Waals surface area contributed by atoms with Gasteiger partial charge in [0.2, 0.25) is 0 Å². The Hall–Kier alpha value is -6.03. The maximum absolute atomic E-state index is 15.3. The number of carboxylic acids is 1. The SMILES string of the molecule is CCCCC(CC)CN1C(=O)C2=C(c3ccc(-c4ccc(N(c5ccc(C)cc5)c5ccc(C)cc5)cc4)s3)N(CC(CC)CCCC)C(=O)C2=C1c1ccc(-c2ccc(C(=O)O)cc2)s1. The van der Waals surface area contributed by atoms with E-state index in [0.29, 0.717) is 29.9 Å². The van der Waals surface area contributed by atoms with Crippen molar-refractivity contribution < 1.29 is 19.5 Å². The highest BCUT2D eigenvalue weighted by molar-refractivity contribution is 7.17. The molecule has 0 saturated heterocycles. The van der Waals surface area contributed by atoms with Gasteiger partial charge in [0.25, 0.3) is 11.8 Å². The monoisotopic (exact) mass is 915 g/mol. The quantitative estimate of drug-likeness (QED) is 0.0825. The lowest BCUT2D eigenvalue weighted by Crippen LogP contribution is -2.34. The van der Waals surface area contributed by atoms with Crippen LogP contribution in [0, 0.1) is 25.7 Å². The summed E-state index contributed by atoms with van der Waals surface area (Å²) in [6.07, 6.45) is 8.21. The lowest BCUT2D eigenvalue weighted by atomic mass is 9.98. The predicted octanol–water partition coefficient (Wildman–Crippen LogP) is 15.2. The molecule has 2 aliphatic heterocycles. The van der Waals surface area contributed by atoms with Crippen molar-refractivity contribution in [1.82, 2.24) is 9.80 Å². The van der Waals surface area contributed by atoms with Gasteiger partial charge in [-0.3, -0.25) is 9.59 Å². The number of nitrogens with zero attached hydrogens (tertiary/aromatic N) is 3. The summed E-state index contributed by atoms with van der Waals surface area (Å²) in [5.74, 6) is -0.603. The van der Waals surface area contributed by atoms with E-state index in [4.69, 9.17) is 0 Å². The lowest BCUT2D eigenvalue weighted by molar-refractivity contribution is -0.124. The lowest BCUT2D eigenvalue weighted by Gasteiger charge is -2.29. The predicted molar refractivity (Wildman–Crippen MR) is 275 cm³/mol. The van der Waals surface area contributed by atoms with Crippen LogP contribution in [0.4, 0.5) is 17.1 Å². The zero-order chi connectivity index (χ0) is 46.5. The van der Waals surface area contributed by atoms with Crippen molar-refractivity contribution in [2.75, 3.05) is 18.0 Å². The summed E-state index contributed by atoms with van der Waals surface area (Å²) in [4.78, 5) is 52.2. The molecule has 6 aromatic rings. The largest absolute Gasteiger partial charge is 0.478 e. The van der Waals surface area contributed by atoms with Crippen LogP contribution in [0.5, 0.6) is 0 Å². The molecule has 0 saturated carbocycles. The Morgan fingerprint density at radius 1 is 0.530 bits per heavy atom. The van der Waals surface area contributed by atoms with Gasteiger partial charge in [0.1, 0.15) is 0 Å². The normalized spacial score (nSPS) is 14.7. The highest BCUT2D eigenvalue weighted by Crippen LogP contribution is 2.51.